The Morgan fingerprint density at radius 2 is 0.516 bits per heavy atom. The standard InChI is InChI=1S/C74H140O17P2/c1-5-9-13-17-21-25-29-31-33-34-35-37-39-41-45-49-53-57-61-74(79)91-70(65-85-72(77)59-55-51-47-44-40-38-36-32-30-26-22-18-14-10-6-2)67-89-93(82,83)87-63-68(75)62-86-92(80,81)88-66-69(90-73(78)60-56-52-48-43-28-24-20-16-12-8-4)64-84-71(76)58-54-50-46-42-27-23-19-15-11-7-3/h26,30,32,36,68-70,75H,5-25,27-29,31,33-35,37-67H2,1-4H3,(H,80,81)(H,82,83)/b30-26-,36-32-/t68-,69+,70+/m0/s1. The zero-order valence-corrected chi connectivity index (χ0v) is 61.5. The fourth-order valence-corrected chi connectivity index (χ4v) is 12.4. The molecule has 0 rings (SSSR count). The zero-order chi connectivity index (χ0) is 68.2. The van der Waals surface area contributed by atoms with E-state index in [1.54, 1.807) is 0 Å². The van der Waals surface area contributed by atoms with Gasteiger partial charge in [-0.25, -0.2) is 9.13 Å². The van der Waals surface area contributed by atoms with E-state index in [0.29, 0.717) is 25.7 Å². The average Bonchev–Trinajstić information content (AvgIpc) is 2.59. The van der Waals surface area contributed by atoms with Crippen LogP contribution in [0, 0.1) is 0 Å². The summed E-state index contributed by atoms with van der Waals surface area (Å²) in [6.07, 6.45) is 60.4. The summed E-state index contributed by atoms with van der Waals surface area (Å²) < 4.78 is 68.3. The second-order valence-electron chi connectivity index (χ2n) is 26.0. The first-order valence-corrected chi connectivity index (χ1v) is 41.1. The molecule has 93 heavy (non-hydrogen) atoms. The van der Waals surface area contributed by atoms with Gasteiger partial charge in [-0.3, -0.25) is 37.3 Å². The van der Waals surface area contributed by atoms with Crippen LogP contribution in [0.2, 0.25) is 0 Å². The number of carbonyl (C=O) groups is 4. The van der Waals surface area contributed by atoms with E-state index < -0.39 is 97.5 Å². The van der Waals surface area contributed by atoms with Crippen LogP contribution in [-0.4, -0.2) is 96.7 Å². The highest BCUT2D eigenvalue weighted by atomic mass is 31.2. The lowest BCUT2D eigenvalue weighted by Gasteiger charge is -2.21. The average molecular weight is 1360 g/mol. The van der Waals surface area contributed by atoms with E-state index in [1.807, 2.05) is 0 Å². The molecule has 3 N–H and O–H groups in total. The van der Waals surface area contributed by atoms with Crippen molar-refractivity contribution in [3.05, 3.63) is 24.3 Å². The van der Waals surface area contributed by atoms with Gasteiger partial charge in [0.25, 0.3) is 0 Å². The molecule has 0 saturated heterocycles. The molecule has 548 valence electrons. The molecule has 0 bridgehead atoms. The summed E-state index contributed by atoms with van der Waals surface area (Å²) >= 11 is 0. The number of aliphatic hydroxyl groups excluding tert-OH is 1. The highest BCUT2D eigenvalue weighted by Gasteiger charge is 2.30. The van der Waals surface area contributed by atoms with Crippen LogP contribution in [0.5, 0.6) is 0 Å². The van der Waals surface area contributed by atoms with Crippen molar-refractivity contribution in [1.29, 1.82) is 0 Å². The number of carbonyl (C=O) groups excluding carboxylic acids is 4. The third-order valence-corrected chi connectivity index (χ3v) is 18.6. The first kappa shape index (κ1) is 90.5. The molecule has 0 aromatic carbocycles. The van der Waals surface area contributed by atoms with Gasteiger partial charge in [0.1, 0.15) is 19.3 Å². The Morgan fingerprint density at radius 3 is 0.785 bits per heavy atom. The Bertz CT molecular complexity index is 1870. The largest absolute Gasteiger partial charge is 0.472 e. The van der Waals surface area contributed by atoms with Crippen molar-refractivity contribution >= 4 is 39.5 Å². The minimum Gasteiger partial charge on any atom is -0.462 e. The second kappa shape index (κ2) is 68.1. The lowest BCUT2D eigenvalue weighted by molar-refractivity contribution is -0.161. The number of rotatable bonds is 73. The lowest BCUT2D eigenvalue weighted by Crippen LogP contribution is -2.30. The molecule has 17 nitrogen and oxygen atoms in total. The summed E-state index contributed by atoms with van der Waals surface area (Å²) in [7, 11) is -9.91. The van der Waals surface area contributed by atoms with E-state index >= 15 is 0 Å². The summed E-state index contributed by atoms with van der Waals surface area (Å²) in [5.74, 6) is -2.15. The minimum atomic E-state index is -4.96. The molecule has 2 unspecified atom stereocenters. The number of aliphatic hydroxyl groups is 1. The molecule has 0 aliphatic carbocycles. The van der Waals surface area contributed by atoms with Gasteiger partial charge in [0.2, 0.25) is 0 Å². The van der Waals surface area contributed by atoms with Crippen molar-refractivity contribution in [2.75, 3.05) is 39.6 Å². The minimum absolute atomic E-state index is 0.102. The molecule has 0 aromatic heterocycles. The molecule has 0 spiro atoms. The molecule has 0 heterocycles. The number of esters is 4. The normalized spacial score (nSPS) is 14.1. The molecule has 0 aliphatic heterocycles. The monoisotopic (exact) mass is 1360 g/mol. The topological polar surface area (TPSA) is 237 Å². The van der Waals surface area contributed by atoms with E-state index in [4.69, 9.17) is 37.0 Å². The van der Waals surface area contributed by atoms with Crippen LogP contribution in [0.3, 0.4) is 0 Å². The maximum Gasteiger partial charge on any atom is 0.472 e. The van der Waals surface area contributed by atoms with Crippen molar-refractivity contribution in [3.63, 3.8) is 0 Å². The molecule has 19 heteroatoms. The second-order valence-corrected chi connectivity index (χ2v) is 28.9. The van der Waals surface area contributed by atoms with Gasteiger partial charge in [0, 0.05) is 25.7 Å². The molecular formula is C74H140O17P2. The third-order valence-electron chi connectivity index (χ3n) is 16.7. The molecular weight excluding hydrogens is 1220 g/mol. The molecule has 0 saturated carbocycles. The highest BCUT2D eigenvalue weighted by Crippen LogP contribution is 2.45. The maximum absolute atomic E-state index is 13.1. The van der Waals surface area contributed by atoms with Gasteiger partial charge >= 0.3 is 39.5 Å². The van der Waals surface area contributed by atoms with E-state index in [1.165, 1.54) is 180 Å². The van der Waals surface area contributed by atoms with Crippen LogP contribution >= 0.6 is 15.6 Å². The third kappa shape index (κ3) is 67.9. The van der Waals surface area contributed by atoms with Gasteiger partial charge in [-0.15, -0.1) is 0 Å². The van der Waals surface area contributed by atoms with E-state index in [0.717, 1.165) is 109 Å². The number of unbranched alkanes of at least 4 members (excludes halogenated alkanes) is 44. The van der Waals surface area contributed by atoms with Gasteiger partial charge in [0.15, 0.2) is 12.2 Å². The van der Waals surface area contributed by atoms with Crippen LogP contribution in [0.15, 0.2) is 24.3 Å². The fraction of sp³-hybridized carbons (Fsp3) is 0.892. The van der Waals surface area contributed by atoms with Crippen molar-refractivity contribution < 1.29 is 80.2 Å². The summed E-state index contributed by atoms with van der Waals surface area (Å²) in [4.78, 5) is 72.6. The Labute approximate surface area is 567 Å². The number of phosphoric acid groups is 2. The first-order valence-electron chi connectivity index (χ1n) is 38.1. The summed E-state index contributed by atoms with van der Waals surface area (Å²) in [6, 6.07) is 0. The molecule has 0 aliphatic rings. The van der Waals surface area contributed by atoms with E-state index in [-0.39, 0.29) is 25.7 Å². The number of phosphoric ester groups is 2. The lowest BCUT2D eigenvalue weighted by atomic mass is 10.0. The van der Waals surface area contributed by atoms with Crippen LogP contribution in [-0.2, 0) is 65.4 Å². The van der Waals surface area contributed by atoms with Gasteiger partial charge in [-0.05, 0) is 51.4 Å². The van der Waals surface area contributed by atoms with E-state index in [9.17, 15) is 43.2 Å². The predicted molar refractivity (Wildman–Crippen MR) is 377 cm³/mol. The van der Waals surface area contributed by atoms with Crippen molar-refractivity contribution in [3.8, 4) is 0 Å². The Morgan fingerprint density at radius 1 is 0.301 bits per heavy atom. The Balaban J connectivity index is 5.25. The first-order chi connectivity index (χ1) is 45.2. The molecule has 0 aromatic rings. The van der Waals surface area contributed by atoms with Crippen LogP contribution < -0.4 is 0 Å². The molecule has 0 amide bonds. The number of ether oxygens (including phenoxy) is 4. The van der Waals surface area contributed by atoms with E-state index in [2.05, 4.69) is 52.0 Å². The summed E-state index contributed by atoms with van der Waals surface area (Å²) in [5, 5.41) is 10.6. The van der Waals surface area contributed by atoms with Crippen molar-refractivity contribution in [1.82, 2.24) is 0 Å². The molecule has 5 atom stereocenters. The zero-order valence-electron chi connectivity index (χ0n) is 59.7. The van der Waals surface area contributed by atoms with Crippen LogP contribution in [0.4, 0.5) is 0 Å². The number of hydrogen-bond donors (Lipinski definition) is 3. The van der Waals surface area contributed by atoms with Crippen LogP contribution in [0.1, 0.15) is 368 Å². The fourth-order valence-electron chi connectivity index (χ4n) is 10.9. The van der Waals surface area contributed by atoms with Gasteiger partial charge in [-0.2, -0.15) is 0 Å². The van der Waals surface area contributed by atoms with Gasteiger partial charge in [-0.1, -0.05) is 315 Å². The molecule has 0 radical (unpaired) electrons. The van der Waals surface area contributed by atoms with Crippen molar-refractivity contribution in [2.24, 2.45) is 0 Å². The Kier molecular flexibility index (Phi) is 66.3. The SMILES string of the molecule is CCCCCC/C=C\C=C/CCCCCCCC(=O)OC[C@H](COP(=O)(O)OC[C@@H](O)COP(=O)(O)OC[C@@H](COC(=O)CCCCCCCCCCCC)OC(=O)CCCCCCCCCCCC)OC(=O)CCCCCCCCCCCCCCCCCCCC. The quantitative estimate of drug-likeness (QED) is 0.0169. The molecule has 0 fully saturated rings. The maximum atomic E-state index is 13.1. The van der Waals surface area contributed by atoms with Gasteiger partial charge in [0.05, 0.1) is 26.4 Å². The summed E-state index contributed by atoms with van der Waals surface area (Å²) in [6.45, 7) is 4.89. The number of hydrogen-bond acceptors (Lipinski definition) is 15. The Hall–Kier alpha value is -2.46. The van der Waals surface area contributed by atoms with Crippen LogP contribution in [0.25, 0.3) is 0 Å². The van der Waals surface area contributed by atoms with Crippen molar-refractivity contribution in [2.45, 2.75) is 386 Å². The highest BCUT2D eigenvalue weighted by molar-refractivity contribution is 7.47. The summed E-state index contributed by atoms with van der Waals surface area (Å²) in [5.41, 5.74) is 0. The smallest absolute Gasteiger partial charge is 0.462 e. The predicted octanol–water partition coefficient (Wildman–Crippen LogP) is 21.4. The van der Waals surface area contributed by atoms with Gasteiger partial charge < -0.3 is 33.8 Å². The number of allylic oxidation sites excluding steroid dienone is 4.